The zero-order chi connectivity index (χ0) is 11.5. The van der Waals surface area contributed by atoms with E-state index in [1.807, 2.05) is 0 Å². The fourth-order valence-corrected chi connectivity index (χ4v) is 2.00. The van der Waals surface area contributed by atoms with Crippen LogP contribution in [-0.2, 0) is 0 Å². The Bertz CT molecular complexity index is 243. The zero-order valence-corrected chi connectivity index (χ0v) is 10.8. The fourth-order valence-electron chi connectivity index (χ4n) is 2.00. The largest absolute Gasteiger partial charge is 0.0845 e. The molecular weight excluding hydrogens is 192 g/mol. The van der Waals surface area contributed by atoms with E-state index in [1.54, 1.807) is 0 Å². The molecule has 0 nitrogen and oxygen atoms in total. The predicted molar refractivity (Wildman–Crippen MR) is 73.6 cm³/mol. The molecule has 0 heterocycles. The molecule has 0 aromatic rings. The van der Waals surface area contributed by atoms with Crippen LogP contribution in [0.5, 0.6) is 0 Å². The van der Waals surface area contributed by atoms with E-state index >= 15 is 0 Å². The van der Waals surface area contributed by atoms with E-state index in [2.05, 4.69) is 37.3 Å². The van der Waals surface area contributed by atoms with Crippen LogP contribution in [0.4, 0.5) is 0 Å². The van der Waals surface area contributed by atoms with Gasteiger partial charge in [-0.2, -0.15) is 0 Å². The molecule has 90 valence electrons. The van der Waals surface area contributed by atoms with Gasteiger partial charge in [0.15, 0.2) is 0 Å². The first kappa shape index (κ1) is 13.3. The van der Waals surface area contributed by atoms with Gasteiger partial charge in [0.2, 0.25) is 0 Å². The van der Waals surface area contributed by atoms with Crippen LogP contribution in [0.15, 0.2) is 36.0 Å². The molecule has 0 aromatic heterocycles. The molecule has 0 unspecified atom stereocenters. The van der Waals surface area contributed by atoms with Crippen molar-refractivity contribution in [2.45, 2.75) is 64.7 Å². The van der Waals surface area contributed by atoms with Crippen molar-refractivity contribution >= 4 is 0 Å². The third-order valence-corrected chi connectivity index (χ3v) is 3.09. The van der Waals surface area contributed by atoms with Crippen LogP contribution in [0.25, 0.3) is 0 Å². The molecule has 0 aromatic carbocycles. The second-order valence-electron chi connectivity index (χ2n) is 4.67. The maximum atomic E-state index is 2.36. The molecule has 0 amide bonds. The predicted octanol–water partition coefficient (Wildman–Crippen LogP) is 5.57. The molecule has 1 rings (SSSR count). The molecule has 0 saturated heterocycles. The van der Waals surface area contributed by atoms with E-state index in [9.17, 15) is 0 Å². The summed E-state index contributed by atoms with van der Waals surface area (Å²) in [6.07, 6.45) is 23.4. The van der Waals surface area contributed by atoms with E-state index in [4.69, 9.17) is 0 Å². The van der Waals surface area contributed by atoms with Crippen molar-refractivity contribution in [2.24, 2.45) is 0 Å². The summed E-state index contributed by atoms with van der Waals surface area (Å²) in [4.78, 5) is 0. The Kier molecular flexibility index (Phi) is 7.84. The van der Waals surface area contributed by atoms with Crippen LogP contribution < -0.4 is 0 Å². The smallest absolute Gasteiger partial charge is 0.0279 e. The average molecular weight is 218 g/mol. The van der Waals surface area contributed by atoms with E-state index in [0.29, 0.717) is 0 Å². The van der Waals surface area contributed by atoms with Crippen LogP contribution in [0.1, 0.15) is 64.7 Å². The number of hydrogen-bond donors (Lipinski definition) is 0. The molecule has 0 bridgehead atoms. The Morgan fingerprint density at radius 3 is 2.50 bits per heavy atom. The van der Waals surface area contributed by atoms with Crippen molar-refractivity contribution in [3.8, 4) is 0 Å². The standard InChI is InChI=1S/C16H26/c1-2-3-13-16-14-11-9-7-5-4-6-8-10-12-15-16/h9,11-12,14-15H,2-8,10,13H2,1H3/b11-9-,15-12-,16-14-. The van der Waals surface area contributed by atoms with Gasteiger partial charge < -0.3 is 0 Å². The minimum Gasteiger partial charge on any atom is -0.0845 e. The highest BCUT2D eigenvalue weighted by atomic mass is 14.0. The van der Waals surface area contributed by atoms with Gasteiger partial charge in [0, 0.05) is 0 Å². The molecule has 0 aliphatic heterocycles. The molecule has 1 aliphatic rings. The Labute approximate surface area is 101 Å². The van der Waals surface area contributed by atoms with Gasteiger partial charge in [-0.15, -0.1) is 0 Å². The number of unbranched alkanes of at least 4 members (excludes halogenated alkanes) is 1. The summed E-state index contributed by atoms with van der Waals surface area (Å²) in [7, 11) is 0. The molecule has 0 fully saturated rings. The molecule has 0 saturated carbocycles. The van der Waals surface area contributed by atoms with Gasteiger partial charge in [-0.1, -0.05) is 56.6 Å². The molecule has 0 radical (unpaired) electrons. The minimum atomic E-state index is 1.23. The van der Waals surface area contributed by atoms with E-state index in [0.717, 1.165) is 0 Å². The maximum absolute atomic E-state index is 2.36. The molecule has 0 heteroatoms. The first-order chi connectivity index (χ1) is 7.93. The first-order valence-electron chi connectivity index (χ1n) is 6.95. The van der Waals surface area contributed by atoms with Gasteiger partial charge in [0.05, 0.1) is 0 Å². The van der Waals surface area contributed by atoms with Crippen LogP contribution in [0, 0.1) is 0 Å². The van der Waals surface area contributed by atoms with Gasteiger partial charge >= 0.3 is 0 Å². The minimum absolute atomic E-state index is 1.23. The summed E-state index contributed by atoms with van der Waals surface area (Å²) in [5.74, 6) is 0. The Morgan fingerprint density at radius 1 is 1.00 bits per heavy atom. The van der Waals surface area contributed by atoms with Gasteiger partial charge in [0.1, 0.15) is 0 Å². The van der Waals surface area contributed by atoms with Crippen molar-refractivity contribution in [1.29, 1.82) is 0 Å². The molecule has 0 N–H and O–H groups in total. The first-order valence-corrected chi connectivity index (χ1v) is 6.95. The Morgan fingerprint density at radius 2 is 1.75 bits per heavy atom. The van der Waals surface area contributed by atoms with Crippen LogP contribution in [0.2, 0.25) is 0 Å². The quantitative estimate of drug-likeness (QED) is 0.581. The molecule has 0 atom stereocenters. The summed E-state index contributed by atoms with van der Waals surface area (Å²) in [5.41, 5.74) is 1.50. The van der Waals surface area contributed by atoms with E-state index < -0.39 is 0 Å². The monoisotopic (exact) mass is 218 g/mol. The highest BCUT2D eigenvalue weighted by molar-refractivity contribution is 5.23. The molecule has 16 heavy (non-hydrogen) atoms. The van der Waals surface area contributed by atoms with Gasteiger partial charge in [0.25, 0.3) is 0 Å². The lowest BCUT2D eigenvalue weighted by Crippen LogP contribution is -1.82. The van der Waals surface area contributed by atoms with Crippen LogP contribution in [0.3, 0.4) is 0 Å². The van der Waals surface area contributed by atoms with Gasteiger partial charge in [-0.25, -0.2) is 0 Å². The van der Waals surface area contributed by atoms with Crippen molar-refractivity contribution in [3.63, 3.8) is 0 Å². The van der Waals surface area contributed by atoms with Crippen molar-refractivity contribution < 1.29 is 0 Å². The van der Waals surface area contributed by atoms with Crippen molar-refractivity contribution in [3.05, 3.63) is 36.0 Å². The zero-order valence-electron chi connectivity index (χ0n) is 10.8. The molecule has 0 spiro atoms. The summed E-state index contributed by atoms with van der Waals surface area (Å²) < 4.78 is 0. The second-order valence-corrected chi connectivity index (χ2v) is 4.67. The summed E-state index contributed by atoms with van der Waals surface area (Å²) in [5, 5.41) is 0. The Balaban J connectivity index is 2.51. The summed E-state index contributed by atoms with van der Waals surface area (Å²) in [6, 6.07) is 0. The molecular formula is C16H26. The topological polar surface area (TPSA) is 0 Å². The molecule has 1 aliphatic carbocycles. The summed E-state index contributed by atoms with van der Waals surface area (Å²) >= 11 is 0. The number of hydrogen-bond acceptors (Lipinski definition) is 0. The maximum Gasteiger partial charge on any atom is -0.0279 e. The Hall–Kier alpha value is -0.780. The second kappa shape index (κ2) is 9.45. The van der Waals surface area contributed by atoms with Crippen molar-refractivity contribution in [1.82, 2.24) is 0 Å². The van der Waals surface area contributed by atoms with Gasteiger partial charge in [-0.3, -0.25) is 0 Å². The van der Waals surface area contributed by atoms with E-state index in [1.165, 1.54) is 63.4 Å². The van der Waals surface area contributed by atoms with Crippen LogP contribution in [-0.4, -0.2) is 0 Å². The van der Waals surface area contributed by atoms with Crippen LogP contribution >= 0.6 is 0 Å². The van der Waals surface area contributed by atoms with Crippen molar-refractivity contribution in [2.75, 3.05) is 0 Å². The lowest BCUT2D eigenvalue weighted by atomic mass is 10.0. The lowest BCUT2D eigenvalue weighted by Gasteiger charge is -2.02. The average Bonchev–Trinajstić information content (AvgIpc) is 2.28. The normalized spacial score (nSPS) is 25.9. The summed E-state index contributed by atoms with van der Waals surface area (Å²) in [6.45, 7) is 2.26. The lowest BCUT2D eigenvalue weighted by molar-refractivity contribution is 0.652. The SMILES string of the molecule is CCCCC1=C/C=C\CCCCCC/C=C\1. The highest BCUT2D eigenvalue weighted by Crippen LogP contribution is 2.13. The fraction of sp³-hybridized carbons (Fsp3) is 0.625. The third kappa shape index (κ3) is 6.66. The number of rotatable bonds is 3. The number of allylic oxidation sites excluding steroid dienone is 6. The highest BCUT2D eigenvalue weighted by Gasteiger charge is 1.93. The third-order valence-electron chi connectivity index (χ3n) is 3.09. The van der Waals surface area contributed by atoms with E-state index in [-0.39, 0.29) is 0 Å². The van der Waals surface area contributed by atoms with Gasteiger partial charge in [-0.05, 0) is 44.1 Å².